The van der Waals surface area contributed by atoms with Gasteiger partial charge in [0.05, 0.1) is 7.11 Å². The first-order valence-electron chi connectivity index (χ1n) is 6.65. The molecule has 1 fully saturated rings. The number of methoxy groups -OCH3 is 1. The molecule has 94 valence electrons. The van der Waals surface area contributed by atoms with Crippen LogP contribution in [0.1, 0.15) is 44.1 Å². The van der Waals surface area contributed by atoms with Gasteiger partial charge < -0.3 is 10.5 Å². The van der Waals surface area contributed by atoms with Gasteiger partial charge in [0.25, 0.3) is 0 Å². The largest absolute Gasteiger partial charge is 0.497 e. The predicted molar refractivity (Wildman–Crippen MR) is 71.4 cm³/mol. The molecule has 2 rings (SSSR count). The zero-order valence-corrected chi connectivity index (χ0v) is 10.7. The van der Waals surface area contributed by atoms with Crippen LogP contribution in [-0.2, 0) is 5.41 Å². The van der Waals surface area contributed by atoms with Gasteiger partial charge in [-0.05, 0) is 48.9 Å². The Hall–Kier alpha value is -1.02. The molecule has 0 unspecified atom stereocenters. The van der Waals surface area contributed by atoms with E-state index >= 15 is 0 Å². The van der Waals surface area contributed by atoms with E-state index in [9.17, 15) is 0 Å². The number of ether oxygens (including phenoxy) is 1. The van der Waals surface area contributed by atoms with Crippen molar-refractivity contribution in [3.05, 3.63) is 29.8 Å². The monoisotopic (exact) mass is 233 g/mol. The first kappa shape index (κ1) is 12.4. The van der Waals surface area contributed by atoms with Gasteiger partial charge in [-0.15, -0.1) is 0 Å². The third kappa shape index (κ3) is 2.63. The normalized spacial score (nSPS) is 18.9. The lowest BCUT2D eigenvalue weighted by Gasteiger charge is -2.38. The summed E-state index contributed by atoms with van der Waals surface area (Å²) in [7, 11) is 1.71. The van der Waals surface area contributed by atoms with E-state index in [0.717, 1.165) is 18.7 Å². The molecule has 1 aliphatic carbocycles. The molecule has 0 bridgehead atoms. The van der Waals surface area contributed by atoms with Gasteiger partial charge in [-0.3, -0.25) is 0 Å². The van der Waals surface area contributed by atoms with Crippen molar-refractivity contribution in [2.75, 3.05) is 13.7 Å². The molecule has 1 aromatic carbocycles. The van der Waals surface area contributed by atoms with E-state index in [4.69, 9.17) is 10.5 Å². The van der Waals surface area contributed by atoms with Crippen molar-refractivity contribution in [1.82, 2.24) is 0 Å². The summed E-state index contributed by atoms with van der Waals surface area (Å²) in [5, 5.41) is 0. The van der Waals surface area contributed by atoms with Crippen molar-refractivity contribution in [3.8, 4) is 5.75 Å². The maximum Gasteiger partial charge on any atom is 0.118 e. The molecular formula is C15H23NO. The van der Waals surface area contributed by atoms with Crippen LogP contribution in [0.2, 0.25) is 0 Å². The smallest absolute Gasteiger partial charge is 0.118 e. The molecule has 0 aromatic heterocycles. The number of hydrogen-bond donors (Lipinski definition) is 1. The summed E-state index contributed by atoms with van der Waals surface area (Å²) in [5.74, 6) is 0.937. The fraction of sp³-hybridized carbons (Fsp3) is 0.600. The molecule has 0 aliphatic heterocycles. The van der Waals surface area contributed by atoms with Gasteiger partial charge in [-0.25, -0.2) is 0 Å². The SMILES string of the molecule is COc1ccc(C2(CCN)CCCCC2)cc1. The molecule has 2 N–H and O–H groups in total. The first-order chi connectivity index (χ1) is 8.30. The summed E-state index contributed by atoms with van der Waals surface area (Å²) in [6.07, 6.45) is 7.74. The van der Waals surface area contributed by atoms with Crippen LogP contribution in [0.25, 0.3) is 0 Å². The lowest BCUT2D eigenvalue weighted by molar-refractivity contribution is 0.277. The van der Waals surface area contributed by atoms with Crippen LogP contribution in [0.5, 0.6) is 5.75 Å². The molecule has 0 spiro atoms. The Kier molecular flexibility index (Phi) is 4.06. The van der Waals surface area contributed by atoms with E-state index in [0.29, 0.717) is 5.41 Å². The van der Waals surface area contributed by atoms with Crippen molar-refractivity contribution in [2.45, 2.75) is 43.9 Å². The summed E-state index contributed by atoms with van der Waals surface area (Å²) < 4.78 is 5.22. The molecule has 1 aliphatic rings. The van der Waals surface area contributed by atoms with Crippen molar-refractivity contribution in [3.63, 3.8) is 0 Å². The van der Waals surface area contributed by atoms with Crippen LogP contribution in [0.15, 0.2) is 24.3 Å². The molecule has 1 aromatic rings. The fourth-order valence-corrected chi connectivity index (χ4v) is 3.13. The van der Waals surface area contributed by atoms with E-state index in [1.54, 1.807) is 7.11 Å². The van der Waals surface area contributed by atoms with E-state index in [2.05, 4.69) is 24.3 Å². The second-order valence-electron chi connectivity index (χ2n) is 5.11. The van der Waals surface area contributed by atoms with Crippen molar-refractivity contribution in [2.24, 2.45) is 5.73 Å². The second kappa shape index (κ2) is 5.54. The highest BCUT2D eigenvalue weighted by Gasteiger charge is 2.32. The summed E-state index contributed by atoms with van der Waals surface area (Å²) in [6.45, 7) is 0.784. The average molecular weight is 233 g/mol. The fourth-order valence-electron chi connectivity index (χ4n) is 3.13. The highest BCUT2D eigenvalue weighted by molar-refractivity contribution is 5.32. The van der Waals surface area contributed by atoms with Gasteiger partial charge >= 0.3 is 0 Å². The number of benzene rings is 1. The van der Waals surface area contributed by atoms with E-state index in [1.165, 1.54) is 37.7 Å². The van der Waals surface area contributed by atoms with Crippen molar-refractivity contribution < 1.29 is 4.74 Å². The van der Waals surface area contributed by atoms with Crippen LogP contribution in [0, 0.1) is 0 Å². The van der Waals surface area contributed by atoms with E-state index in [-0.39, 0.29) is 0 Å². The third-order valence-corrected chi connectivity index (χ3v) is 4.14. The lowest BCUT2D eigenvalue weighted by Crippen LogP contribution is -2.31. The van der Waals surface area contributed by atoms with E-state index in [1.807, 2.05) is 0 Å². The number of nitrogens with two attached hydrogens (primary N) is 1. The highest BCUT2D eigenvalue weighted by atomic mass is 16.5. The molecule has 17 heavy (non-hydrogen) atoms. The van der Waals surface area contributed by atoms with Gasteiger partial charge in [0.15, 0.2) is 0 Å². The number of hydrogen-bond acceptors (Lipinski definition) is 2. The lowest BCUT2D eigenvalue weighted by atomic mass is 9.67. The Bertz CT molecular complexity index is 333. The van der Waals surface area contributed by atoms with Gasteiger partial charge in [0.1, 0.15) is 5.75 Å². The van der Waals surface area contributed by atoms with Gasteiger partial charge in [-0.2, -0.15) is 0 Å². The number of rotatable bonds is 4. The second-order valence-corrected chi connectivity index (χ2v) is 5.11. The molecule has 2 nitrogen and oxygen atoms in total. The Balaban J connectivity index is 2.24. The minimum absolute atomic E-state index is 0.333. The van der Waals surface area contributed by atoms with E-state index < -0.39 is 0 Å². The topological polar surface area (TPSA) is 35.2 Å². The van der Waals surface area contributed by atoms with Crippen LogP contribution >= 0.6 is 0 Å². The molecule has 1 saturated carbocycles. The quantitative estimate of drug-likeness (QED) is 0.866. The Morgan fingerprint density at radius 2 is 1.76 bits per heavy atom. The van der Waals surface area contributed by atoms with Crippen molar-refractivity contribution >= 4 is 0 Å². The Morgan fingerprint density at radius 1 is 1.12 bits per heavy atom. The summed E-state index contributed by atoms with van der Waals surface area (Å²) in [6, 6.07) is 8.59. The summed E-state index contributed by atoms with van der Waals surface area (Å²) >= 11 is 0. The summed E-state index contributed by atoms with van der Waals surface area (Å²) in [4.78, 5) is 0. The minimum atomic E-state index is 0.333. The summed E-state index contributed by atoms with van der Waals surface area (Å²) in [5.41, 5.74) is 7.59. The maximum absolute atomic E-state index is 5.81. The molecular weight excluding hydrogens is 210 g/mol. The first-order valence-corrected chi connectivity index (χ1v) is 6.65. The zero-order valence-electron chi connectivity index (χ0n) is 10.7. The molecule has 0 heterocycles. The van der Waals surface area contributed by atoms with Crippen molar-refractivity contribution in [1.29, 1.82) is 0 Å². The zero-order chi connectivity index (χ0) is 12.1. The average Bonchev–Trinajstić information content (AvgIpc) is 2.40. The molecule has 0 saturated heterocycles. The Morgan fingerprint density at radius 3 is 2.29 bits per heavy atom. The van der Waals surface area contributed by atoms with Crippen LogP contribution in [0.3, 0.4) is 0 Å². The highest BCUT2D eigenvalue weighted by Crippen LogP contribution is 2.42. The molecule has 0 amide bonds. The molecule has 0 radical (unpaired) electrons. The van der Waals surface area contributed by atoms with Crippen LogP contribution < -0.4 is 10.5 Å². The van der Waals surface area contributed by atoms with Crippen LogP contribution in [0.4, 0.5) is 0 Å². The minimum Gasteiger partial charge on any atom is -0.497 e. The standard InChI is InChI=1S/C15H23NO/c1-17-14-7-5-13(6-8-14)15(11-12-16)9-3-2-4-10-15/h5-8H,2-4,9-12,16H2,1H3. The van der Waals surface area contributed by atoms with Gasteiger partial charge in [-0.1, -0.05) is 31.4 Å². The van der Waals surface area contributed by atoms with Gasteiger partial charge in [0.2, 0.25) is 0 Å². The van der Waals surface area contributed by atoms with Crippen LogP contribution in [-0.4, -0.2) is 13.7 Å². The molecule has 0 atom stereocenters. The van der Waals surface area contributed by atoms with Gasteiger partial charge in [0, 0.05) is 0 Å². The Labute approximate surface area is 104 Å². The molecule has 2 heteroatoms. The third-order valence-electron chi connectivity index (χ3n) is 4.14. The predicted octanol–water partition coefficient (Wildman–Crippen LogP) is 3.25. The maximum atomic E-state index is 5.81.